The molecule has 0 aromatic carbocycles. The van der Waals surface area contributed by atoms with E-state index in [4.69, 9.17) is 9.47 Å². The number of nitrogens with zero attached hydrogens (tertiary/aromatic N) is 1. The minimum absolute atomic E-state index is 0.191. The number of likely N-dealkylation sites (tertiary alicyclic amines) is 1. The van der Waals surface area contributed by atoms with Gasteiger partial charge in [-0.05, 0) is 25.8 Å². The van der Waals surface area contributed by atoms with Crippen molar-refractivity contribution in [2.45, 2.75) is 43.9 Å². The normalized spacial score (nSPS) is 33.4. The van der Waals surface area contributed by atoms with E-state index in [0.717, 1.165) is 32.1 Å². The lowest BCUT2D eigenvalue weighted by Gasteiger charge is -2.25. The van der Waals surface area contributed by atoms with E-state index in [2.05, 4.69) is 4.90 Å². The molecule has 2 saturated heterocycles. The van der Waals surface area contributed by atoms with Crippen molar-refractivity contribution in [3.8, 4) is 0 Å². The number of hydrogen-bond donors (Lipinski definition) is 0. The van der Waals surface area contributed by atoms with Gasteiger partial charge in [0.1, 0.15) is 0 Å². The molecule has 14 heavy (non-hydrogen) atoms. The smallest absolute Gasteiger partial charge is 0.169 e. The molecule has 2 heterocycles. The van der Waals surface area contributed by atoms with Crippen molar-refractivity contribution in [2.75, 3.05) is 26.3 Å². The van der Waals surface area contributed by atoms with Gasteiger partial charge in [0, 0.05) is 25.4 Å². The summed E-state index contributed by atoms with van der Waals surface area (Å²) >= 11 is 0. The summed E-state index contributed by atoms with van der Waals surface area (Å²) in [5.41, 5.74) is 0. The van der Waals surface area contributed by atoms with Gasteiger partial charge in [0.2, 0.25) is 0 Å². The molecule has 1 saturated carbocycles. The largest absolute Gasteiger partial charge is 0.347 e. The predicted octanol–water partition coefficient (Wildman–Crippen LogP) is 1.38. The van der Waals surface area contributed by atoms with E-state index >= 15 is 0 Å². The molecule has 1 spiro atoms. The Bertz CT molecular complexity index is 209. The van der Waals surface area contributed by atoms with E-state index in [0.29, 0.717) is 0 Å². The topological polar surface area (TPSA) is 21.7 Å². The van der Waals surface area contributed by atoms with Gasteiger partial charge >= 0.3 is 0 Å². The van der Waals surface area contributed by atoms with Gasteiger partial charge in [-0.1, -0.05) is 0 Å². The van der Waals surface area contributed by atoms with E-state index in [1.54, 1.807) is 0 Å². The van der Waals surface area contributed by atoms with Crippen molar-refractivity contribution in [1.29, 1.82) is 0 Å². The van der Waals surface area contributed by atoms with Crippen LogP contribution in [-0.2, 0) is 9.47 Å². The highest BCUT2D eigenvalue weighted by molar-refractivity contribution is 4.88. The maximum atomic E-state index is 5.76. The van der Waals surface area contributed by atoms with Crippen LogP contribution in [0.25, 0.3) is 0 Å². The second-order valence-corrected chi connectivity index (χ2v) is 4.73. The first-order chi connectivity index (χ1) is 6.88. The molecule has 0 atom stereocenters. The van der Waals surface area contributed by atoms with Gasteiger partial charge in [-0.25, -0.2) is 0 Å². The second kappa shape index (κ2) is 3.47. The molecule has 3 aliphatic rings. The van der Waals surface area contributed by atoms with Crippen LogP contribution in [0, 0.1) is 0 Å². The fraction of sp³-hybridized carbons (Fsp3) is 1.00. The molecule has 80 valence electrons. The van der Waals surface area contributed by atoms with Gasteiger partial charge in [0.25, 0.3) is 0 Å². The van der Waals surface area contributed by atoms with E-state index in [1.165, 1.54) is 32.4 Å². The summed E-state index contributed by atoms with van der Waals surface area (Å²) in [4.78, 5) is 2.62. The van der Waals surface area contributed by atoms with Crippen LogP contribution in [0.1, 0.15) is 32.1 Å². The van der Waals surface area contributed by atoms with Crippen molar-refractivity contribution in [3.05, 3.63) is 0 Å². The lowest BCUT2D eigenvalue weighted by molar-refractivity contribution is -0.164. The molecule has 0 bridgehead atoms. The van der Waals surface area contributed by atoms with E-state index in [9.17, 15) is 0 Å². The van der Waals surface area contributed by atoms with Gasteiger partial charge < -0.3 is 14.4 Å². The third-order valence-corrected chi connectivity index (χ3v) is 3.66. The molecular formula is C11H19NO2. The lowest BCUT2D eigenvalue weighted by Crippen LogP contribution is -2.32. The van der Waals surface area contributed by atoms with Crippen LogP contribution in [0.5, 0.6) is 0 Å². The summed E-state index contributed by atoms with van der Waals surface area (Å²) in [5.74, 6) is -0.191. The third kappa shape index (κ3) is 1.69. The summed E-state index contributed by atoms with van der Waals surface area (Å²) in [6, 6.07) is 0.895. The Hall–Kier alpha value is -0.120. The van der Waals surface area contributed by atoms with Crippen molar-refractivity contribution in [3.63, 3.8) is 0 Å². The second-order valence-electron chi connectivity index (χ2n) is 4.73. The zero-order valence-electron chi connectivity index (χ0n) is 8.71. The van der Waals surface area contributed by atoms with Gasteiger partial charge in [-0.2, -0.15) is 0 Å². The molecule has 0 radical (unpaired) electrons. The first kappa shape index (κ1) is 9.13. The maximum Gasteiger partial charge on any atom is 0.169 e. The third-order valence-electron chi connectivity index (χ3n) is 3.66. The van der Waals surface area contributed by atoms with Crippen LogP contribution >= 0.6 is 0 Å². The predicted molar refractivity (Wildman–Crippen MR) is 53.1 cm³/mol. The maximum absolute atomic E-state index is 5.76. The molecule has 0 N–H and O–H groups in total. The number of hydrogen-bond acceptors (Lipinski definition) is 3. The van der Waals surface area contributed by atoms with Crippen LogP contribution in [0.3, 0.4) is 0 Å². The molecule has 0 aromatic rings. The van der Waals surface area contributed by atoms with Crippen molar-refractivity contribution >= 4 is 0 Å². The highest BCUT2D eigenvalue weighted by Gasteiger charge is 2.40. The van der Waals surface area contributed by atoms with Gasteiger partial charge in [-0.15, -0.1) is 0 Å². The minimum Gasteiger partial charge on any atom is -0.347 e. The Morgan fingerprint density at radius 3 is 2.50 bits per heavy atom. The molecule has 3 heteroatoms. The highest BCUT2D eigenvalue weighted by atomic mass is 16.7. The number of ether oxygens (including phenoxy) is 2. The molecule has 3 fully saturated rings. The molecular weight excluding hydrogens is 178 g/mol. The Morgan fingerprint density at radius 1 is 1.00 bits per heavy atom. The van der Waals surface area contributed by atoms with Crippen LogP contribution in [0.15, 0.2) is 0 Å². The Kier molecular flexibility index (Phi) is 2.26. The number of rotatable bonds is 1. The minimum atomic E-state index is -0.191. The summed E-state index contributed by atoms with van der Waals surface area (Å²) in [6.45, 7) is 4.01. The van der Waals surface area contributed by atoms with Gasteiger partial charge in [-0.3, -0.25) is 0 Å². The van der Waals surface area contributed by atoms with Crippen molar-refractivity contribution in [1.82, 2.24) is 4.90 Å². The van der Waals surface area contributed by atoms with Crippen molar-refractivity contribution < 1.29 is 9.47 Å². The van der Waals surface area contributed by atoms with Crippen LogP contribution in [-0.4, -0.2) is 43.0 Å². The summed E-state index contributed by atoms with van der Waals surface area (Å²) in [5, 5.41) is 0. The molecule has 0 amide bonds. The molecule has 3 nitrogen and oxygen atoms in total. The van der Waals surface area contributed by atoms with E-state index in [-0.39, 0.29) is 5.79 Å². The van der Waals surface area contributed by atoms with E-state index < -0.39 is 0 Å². The average Bonchev–Trinajstić information content (AvgIpc) is 2.93. The molecule has 1 aliphatic carbocycles. The van der Waals surface area contributed by atoms with Crippen LogP contribution in [0.2, 0.25) is 0 Å². The average molecular weight is 197 g/mol. The molecule has 2 aliphatic heterocycles. The summed E-state index contributed by atoms with van der Waals surface area (Å²) < 4.78 is 11.5. The summed E-state index contributed by atoms with van der Waals surface area (Å²) in [7, 11) is 0. The zero-order valence-corrected chi connectivity index (χ0v) is 8.71. The summed E-state index contributed by atoms with van der Waals surface area (Å²) in [6.07, 6.45) is 6.22. The van der Waals surface area contributed by atoms with Crippen LogP contribution < -0.4 is 0 Å². The van der Waals surface area contributed by atoms with Crippen molar-refractivity contribution in [2.24, 2.45) is 0 Å². The Morgan fingerprint density at radius 2 is 1.79 bits per heavy atom. The van der Waals surface area contributed by atoms with Gasteiger partial charge in [0.05, 0.1) is 13.2 Å². The van der Waals surface area contributed by atoms with Crippen LogP contribution in [0.4, 0.5) is 0 Å². The first-order valence-corrected chi connectivity index (χ1v) is 5.90. The molecule has 0 unspecified atom stereocenters. The SMILES string of the molecule is C1CN(C2CC2)CCC2(C1)OCCO2. The monoisotopic (exact) mass is 197 g/mol. The quantitative estimate of drug-likeness (QED) is 0.634. The van der Waals surface area contributed by atoms with Gasteiger partial charge in [0.15, 0.2) is 5.79 Å². The fourth-order valence-corrected chi connectivity index (χ4v) is 2.69. The Balaban J connectivity index is 1.62. The zero-order chi connectivity index (χ0) is 9.43. The Labute approximate surface area is 85.4 Å². The lowest BCUT2D eigenvalue weighted by atomic mass is 10.1. The first-order valence-electron chi connectivity index (χ1n) is 5.90. The fourth-order valence-electron chi connectivity index (χ4n) is 2.69. The van der Waals surface area contributed by atoms with E-state index in [1.807, 2.05) is 0 Å². The molecule has 0 aromatic heterocycles. The standard InChI is InChI=1S/C11H19NO2/c1-4-11(13-8-9-14-11)5-7-12(6-1)10-2-3-10/h10H,1-9H2. The highest BCUT2D eigenvalue weighted by Crippen LogP contribution is 2.35. The molecule has 3 rings (SSSR count).